The summed E-state index contributed by atoms with van der Waals surface area (Å²) < 4.78 is 0.868. The molecule has 0 spiro atoms. The van der Waals surface area contributed by atoms with Gasteiger partial charge in [0, 0.05) is 49.5 Å². The molecule has 1 aromatic heterocycles. The predicted molar refractivity (Wildman–Crippen MR) is 94.8 cm³/mol. The number of nitrogens with one attached hydrogen (secondary N) is 1. The molecule has 2 aromatic rings. The summed E-state index contributed by atoms with van der Waals surface area (Å²) in [6, 6.07) is 11.6. The van der Waals surface area contributed by atoms with E-state index in [1.165, 1.54) is 6.08 Å². The molecule has 0 aliphatic heterocycles. The van der Waals surface area contributed by atoms with Crippen LogP contribution in [0.15, 0.2) is 54.9 Å². The second-order valence-electron chi connectivity index (χ2n) is 4.65. The zero-order valence-corrected chi connectivity index (χ0v) is 14.0. The number of halogens is 1. The first-order valence-corrected chi connectivity index (χ1v) is 7.50. The average Bonchev–Trinajstić information content (AvgIpc) is 2.48. The number of benzene rings is 1. The fourth-order valence-electron chi connectivity index (χ4n) is 1.69. The monoisotopic (exact) mass is 393 g/mol. The Kier molecular flexibility index (Phi) is 5.32. The molecule has 0 aliphatic carbocycles. The van der Waals surface area contributed by atoms with Gasteiger partial charge in [0.15, 0.2) is 5.78 Å². The summed E-state index contributed by atoms with van der Waals surface area (Å²) in [5, 5.41) is 3.08. The molecule has 1 N–H and O–H groups in total. The van der Waals surface area contributed by atoms with Crippen molar-refractivity contribution in [2.24, 2.45) is 0 Å². The number of nitrogens with zero attached hydrogens (tertiary/aromatic N) is 2. The Morgan fingerprint density at radius 2 is 1.90 bits per heavy atom. The highest BCUT2D eigenvalue weighted by molar-refractivity contribution is 14.1. The number of carbonyl (C=O) groups excluding carboxylic acids is 1. The highest BCUT2D eigenvalue weighted by Gasteiger charge is 2.01. The molecule has 1 heterocycles. The van der Waals surface area contributed by atoms with Crippen LogP contribution in [-0.2, 0) is 0 Å². The molecule has 0 fully saturated rings. The van der Waals surface area contributed by atoms with Gasteiger partial charge in [-0.3, -0.25) is 4.79 Å². The number of allylic oxidation sites excluding steroid dienone is 1. The van der Waals surface area contributed by atoms with Crippen molar-refractivity contribution in [3.05, 3.63) is 64.1 Å². The van der Waals surface area contributed by atoms with Gasteiger partial charge in [0.05, 0.1) is 0 Å². The number of ketones is 1. The fraction of sp³-hybridized carbons (Fsp3) is 0.125. The largest absolute Gasteiger partial charge is 0.378 e. The van der Waals surface area contributed by atoms with Gasteiger partial charge in [0.1, 0.15) is 3.70 Å². The second kappa shape index (κ2) is 7.21. The van der Waals surface area contributed by atoms with E-state index in [1.54, 1.807) is 18.5 Å². The Morgan fingerprint density at radius 3 is 2.48 bits per heavy atom. The van der Waals surface area contributed by atoms with Crippen molar-refractivity contribution >= 4 is 39.7 Å². The van der Waals surface area contributed by atoms with Gasteiger partial charge < -0.3 is 10.2 Å². The molecule has 108 valence electrons. The first kappa shape index (κ1) is 15.5. The maximum absolute atomic E-state index is 11.9. The summed E-state index contributed by atoms with van der Waals surface area (Å²) in [5.74, 6) is -0.0729. The van der Waals surface area contributed by atoms with E-state index in [0.29, 0.717) is 5.56 Å². The summed E-state index contributed by atoms with van der Waals surface area (Å²) in [7, 11) is 3.99. The lowest BCUT2D eigenvalue weighted by Crippen LogP contribution is -2.08. The second-order valence-corrected chi connectivity index (χ2v) is 5.76. The summed E-state index contributed by atoms with van der Waals surface area (Å²) >= 11 is 2.11. The van der Waals surface area contributed by atoms with E-state index in [-0.39, 0.29) is 5.78 Å². The molecule has 0 amide bonds. The molecule has 0 bridgehead atoms. The lowest BCUT2D eigenvalue weighted by molar-refractivity contribution is 0.104. The lowest BCUT2D eigenvalue weighted by atomic mass is 10.2. The van der Waals surface area contributed by atoms with E-state index in [1.807, 2.05) is 49.3 Å². The molecule has 21 heavy (non-hydrogen) atoms. The molecule has 0 atom stereocenters. The van der Waals surface area contributed by atoms with Crippen molar-refractivity contribution < 1.29 is 4.79 Å². The van der Waals surface area contributed by atoms with E-state index in [2.05, 4.69) is 32.9 Å². The Morgan fingerprint density at radius 1 is 1.19 bits per heavy atom. The Hall–Kier alpha value is -1.89. The number of anilines is 2. The van der Waals surface area contributed by atoms with Gasteiger partial charge in [0.25, 0.3) is 0 Å². The molecular formula is C16H16IN3O. The topological polar surface area (TPSA) is 45.2 Å². The maximum atomic E-state index is 11.9. The minimum absolute atomic E-state index is 0.0729. The third kappa shape index (κ3) is 4.56. The van der Waals surface area contributed by atoms with Crippen LogP contribution in [0.4, 0.5) is 11.4 Å². The van der Waals surface area contributed by atoms with Gasteiger partial charge in [0.2, 0.25) is 0 Å². The number of aromatic nitrogens is 1. The third-order valence-electron chi connectivity index (χ3n) is 2.88. The van der Waals surface area contributed by atoms with Crippen molar-refractivity contribution in [1.29, 1.82) is 0 Å². The zero-order valence-electron chi connectivity index (χ0n) is 11.9. The van der Waals surface area contributed by atoms with Crippen LogP contribution in [0.3, 0.4) is 0 Å². The predicted octanol–water partition coefficient (Wildman–Crippen LogP) is 3.56. The Bertz CT molecular complexity index is 634. The van der Waals surface area contributed by atoms with Crippen LogP contribution >= 0.6 is 22.6 Å². The average molecular weight is 393 g/mol. The summed E-state index contributed by atoms with van der Waals surface area (Å²) in [5.41, 5.74) is 2.65. The smallest absolute Gasteiger partial charge is 0.188 e. The highest BCUT2D eigenvalue weighted by Crippen LogP contribution is 2.15. The SMILES string of the molecule is CN(C)c1ccc(N/C=C/C(=O)c2ccc(I)nc2)cc1. The minimum Gasteiger partial charge on any atom is -0.378 e. The molecule has 1 aromatic carbocycles. The van der Waals surface area contributed by atoms with Crippen molar-refractivity contribution in [3.63, 3.8) is 0 Å². The fourth-order valence-corrected chi connectivity index (χ4v) is 2.01. The van der Waals surface area contributed by atoms with Gasteiger partial charge in [-0.15, -0.1) is 0 Å². The highest BCUT2D eigenvalue weighted by atomic mass is 127. The number of carbonyl (C=O) groups is 1. The van der Waals surface area contributed by atoms with Crippen LogP contribution < -0.4 is 10.2 Å². The molecule has 0 aliphatic rings. The van der Waals surface area contributed by atoms with Crippen LogP contribution in [0, 0.1) is 3.70 Å². The van der Waals surface area contributed by atoms with E-state index in [4.69, 9.17) is 0 Å². The lowest BCUT2D eigenvalue weighted by Gasteiger charge is -2.12. The van der Waals surface area contributed by atoms with Crippen molar-refractivity contribution in [3.8, 4) is 0 Å². The first-order valence-electron chi connectivity index (χ1n) is 6.42. The van der Waals surface area contributed by atoms with E-state index >= 15 is 0 Å². The van der Waals surface area contributed by atoms with Crippen molar-refractivity contribution in [2.45, 2.75) is 0 Å². The van der Waals surface area contributed by atoms with Gasteiger partial charge in [-0.25, -0.2) is 4.98 Å². The van der Waals surface area contributed by atoms with E-state index in [0.717, 1.165) is 15.1 Å². The van der Waals surface area contributed by atoms with Crippen molar-refractivity contribution in [1.82, 2.24) is 4.98 Å². The van der Waals surface area contributed by atoms with Crippen molar-refractivity contribution in [2.75, 3.05) is 24.3 Å². The van der Waals surface area contributed by atoms with Gasteiger partial charge in [-0.1, -0.05) is 0 Å². The minimum atomic E-state index is -0.0729. The van der Waals surface area contributed by atoms with Crippen LogP contribution in [0.5, 0.6) is 0 Å². The zero-order chi connectivity index (χ0) is 15.2. The van der Waals surface area contributed by atoms with Crippen LogP contribution in [0.2, 0.25) is 0 Å². The molecule has 0 saturated heterocycles. The number of rotatable bonds is 5. The standard InChI is InChI=1S/C16H16IN3O/c1-20(2)14-6-4-13(5-7-14)18-10-9-15(21)12-3-8-16(17)19-11-12/h3-11,18H,1-2H3/b10-9+. The van der Waals surface area contributed by atoms with E-state index < -0.39 is 0 Å². The molecule has 0 radical (unpaired) electrons. The number of hydrogen-bond donors (Lipinski definition) is 1. The first-order chi connectivity index (χ1) is 10.1. The van der Waals surface area contributed by atoms with E-state index in [9.17, 15) is 4.79 Å². The third-order valence-corrected chi connectivity index (χ3v) is 3.52. The molecule has 0 saturated carbocycles. The van der Waals surface area contributed by atoms with Crippen LogP contribution in [0.25, 0.3) is 0 Å². The Labute approximate surface area is 138 Å². The number of hydrogen-bond acceptors (Lipinski definition) is 4. The van der Waals surface area contributed by atoms with Crippen LogP contribution in [0.1, 0.15) is 10.4 Å². The quantitative estimate of drug-likeness (QED) is 0.365. The molecule has 0 unspecified atom stereocenters. The number of pyridine rings is 1. The normalized spacial score (nSPS) is 10.6. The van der Waals surface area contributed by atoms with Gasteiger partial charge in [-0.05, 0) is 59.0 Å². The molecule has 2 rings (SSSR count). The molecular weight excluding hydrogens is 377 g/mol. The Balaban J connectivity index is 1.95. The molecule has 4 nitrogen and oxygen atoms in total. The van der Waals surface area contributed by atoms with Crippen LogP contribution in [-0.4, -0.2) is 24.9 Å². The molecule has 5 heteroatoms. The summed E-state index contributed by atoms with van der Waals surface area (Å²) in [6.45, 7) is 0. The van der Waals surface area contributed by atoms with Gasteiger partial charge in [-0.2, -0.15) is 0 Å². The summed E-state index contributed by atoms with van der Waals surface area (Å²) in [6.07, 6.45) is 4.73. The van der Waals surface area contributed by atoms with Gasteiger partial charge >= 0.3 is 0 Å². The maximum Gasteiger partial charge on any atom is 0.188 e. The summed E-state index contributed by atoms with van der Waals surface area (Å²) in [4.78, 5) is 18.0.